The average molecular weight is 519 g/mol. The molecule has 4 saturated heterocycles. The van der Waals surface area contributed by atoms with Crippen LogP contribution in [0.25, 0.3) is 6.08 Å². The maximum Gasteiger partial charge on any atom is 0.340 e. The molecule has 4 heterocycles. The van der Waals surface area contributed by atoms with Crippen LogP contribution in [0.15, 0.2) is 60.7 Å². The van der Waals surface area contributed by atoms with Crippen LogP contribution in [0.5, 0.6) is 0 Å². The third-order valence-electron chi connectivity index (χ3n) is 8.95. The number of ketones is 1. The number of allylic oxidation sites excluding steroid dienone is 1. The molecule has 2 aromatic carbocycles. The number of benzene rings is 2. The van der Waals surface area contributed by atoms with E-state index in [1.807, 2.05) is 25.1 Å². The fourth-order valence-electron chi connectivity index (χ4n) is 6.78. The second-order valence-electron chi connectivity index (χ2n) is 11.4. The van der Waals surface area contributed by atoms with Gasteiger partial charge in [0.2, 0.25) is 12.1 Å². The maximum atomic E-state index is 13.1. The molecule has 4 aliphatic heterocycles. The van der Waals surface area contributed by atoms with Gasteiger partial charge in [-0.25, -0.2) is 14.6 Å². The summed E-state index contributed by atoms with van der Waals surface area (Å²) in [5.74, 6) is -0.707. The Hall–Kier alpha value is -2.84. The highest BCUT2D eigenvalue weighted by Gasteiger charge is 2.69. The minimum atomic E-state index is -0.877. The van der Waals surface area contributed by atoms with Crippen LogP contribution in [0.2, 0.25) is 0 Å². The average Bonchev–Trinajstić information content (AvgIpc) is 3.16. The van der Waals surface area contributed by atoms with Crippen molar-refractivity contribution in [2.75, 3.05) is 0 Å². The van der Waals surface area contributed by atoms with Crippen LogP contribution >= 0.6 is 0 Å². The molecule has 1 aliphatic carbocycles. The first kappa shape index (κ1) is 25.4. The van der Waals surface area contributed by atoms with E-state index in [9.17, 15) is 9.59 Å². The number of fused-ring (bicyclic) bond motifs is 2. The maximum absolute atomic E-state index is 13.1. The highest BCUT2D eigenvalue weighted by Crippen LogP contribution is 2.60. The van der Waals surface area contributed by atoms with Gasteiger partial charge in [0.1, 0.15) is 0 Å². The Labute approximate surface area is 223 Å². The molecular weight excluding hydrogens is 484 g/mol. The third-order valence-corrected chi connectivity index (χ3v) is 8.95. The highest BCUT2D eigenvalue weighted by molar-refractivity contribution is 6.06. The lowest BCUT2D eigenvalue weighted by molar-refractivity contribution is -0.576. The monoisotopic (exact) mass is 518 g/mol. The number of hydrogen-bond acceptors (Lipinski definition) is 7. The van der Waals surface area contributed by atoms with E-state index in [-0.39, 0.29) is 23.5 Å². The third kappa shape index (κ3) is 4.31. The van der Waals surface area contributed by atoms with Gasteiger partial charge in [-0.05, 0) is 61.8 Å². The lowest BCUT2D eigenvalue weighted by Gasteiger charge is -2.59. The topological polar surface area (TPSA) is 80.3 Å². The van der Waals surface area contributed by atoms with Crippen LogP contribution in [-0.4, -0.2) is 35.7 Å². The zero-order valence-corrected chi connectivity index (χ0v) is 22.0. The number of carbonyl (C=O) groups excluding carboxylic acids is 2. The van der Waals surface area contributed by atoms with E-state index >= 15 is 0 Å². The Bertz CT molecular complexity index is 1220. The molecule has 1 spiro atoms. The van der Waals surface area contributed by atoms with Gasteiger partial charge in [0.25, 0.3) is 0 Å². The summed E-state index contributed by atoms with van der Waals surface area (Å²) >= 11 is 0. The standard InChI is InChI=1S/C31H34O7/c1-19-9-15-25-20(2)28(35-29-31(25)24(19)17-18-30(3,36-29)37-38-31)34-27(33)23-13-10-21(11-14-23)12-16-26(32)22-7-5-4-6-8-22/h4-8,10-14,16,19-20,24-25,28-29H,9,15,17-18H2,1-3H3/b16-12+/t19-,20-,24+,25+,28?,29-,30+,31-/m1/s1. The predicted molar refractivity (Wildman–Crippen MR) is 138 cm³/mol. The highest BCUT2D eigenvalue weighted by atomic mass is 17.3. The normalized spacial score (nSPS) is 37.9. The van der Waals surface area contributed by atoms with Crippen molar-refractivity contribution in [3.05, 3.63) is 77.4 Å². The molecule has 8 atom stereocenters. The summed E-state index contributed by atoms with van der Waals surface area (Å²) in [5, 5.41) is 0. The molecule has 1 saturated carbocycles. The van der Waals surface area contributed by atoms with Crippen LogP contribution < -0.4 is 0 Å². The van der Waals surface area contributed by atoms with Crippen molar-refractivity contribution in [3.63, 3.8) is 0 Å². The summed E-state index contributed by atoms with van der Waals surface area (Å²) in [4.78, 5) is 37.5. The van der Waals surface area contributed by atoms with Crippen molar-refractivity contribution >= 4 is 17.8 Å². The molecule has 1 unspecified atom stereocenters. The molecule has 0 radical (unpaired) electrons. The molecule has 7 nitrogen and oxygen atoms in total. The number of carbonyl (C=O) groups is 2. The van der Waals surface area contributed by atoms with Gasteiger partial charge in [0.15, 0.2) is 17.7 Å². The first-order valence-corrected chi connectivity index (χ1v) is 13.6. The minimum Gasteiger partial charge on any atom is -0.432 e. The van der Waals surface area contributed by atoms with Gasteiger partial charge in [0.05, 0.1) is 5.56 Å². The van der Waals surface area contributed by atoms with Crippen molar-refractivity contribution < 1.29 is 33.6 Å². The molecule has 0 amide bonds. The molecular formula is C31H34O7. The molecule has 0 N–H and O–H groups in total. The second-order valence-corrected chi connectivity index (χ2v) is 11.4. The summed E-state index contributed by atoms with van der Waals surface area (Å²) in [5.41, 5.74) is 1.16. The lowest BCUT2D eigenvalue weighted by atomic mass is 9.58. The molecule has 5 aliphatic rings. The summed E-state index contributed by atoms with van der Waals surface area (Å²) in [7, 11) is 0. The van der Waals surface area contributed by atoms with Gasteiger partial charge in [-0.3, -0.25) is 4.79 Å². The van der Waals surface area contributed by atoms with Gasteiger partial charge < -0.3 is 14.2 Å². The Morgan fingerprint density at radius 1 is 0.921 bits per heavy atom. The Morgan fingerprint density at radius 2 is 1.68 bits per heavy atom. The van der Waals surface area contributed by atoms with Crippen molar-refractivity contribution in [2.45, 2.75) is 70.4 Å². The van der Waals surface area contributed by atoms with E-state index in [0.717, 1.165) is 31.2 Å². The van der Waals surface area contributed by atoms with Gasteiger partial charge in [-0.1, -0.05) is 62.4 Å². The van der Waals surface area contributed by atoms with Crippen LogP contribution in [-0.2, 0) is 24.0 Å². The van der Waals surface area contributed by atoms with Crippen molar-refractivity contribution in [3.8, 4) is 0 Å². The summed E-state index contributed by atoms with van der Waals surface area (Å²) in [6, 6.07) is 16.1. The van der Waals surface area contributed by atoms with E-state index in [0.29, 0.717) is 17.0 Å². The Balaban J connectivity index is 1.16. The van der Waals surface area contributed by atoms with E-state index < -0.39 is 29.9 Å². The molecule has 5 fully saturated rings. The summed E-state index contributed by atoms with van der Waals surface area (Å²) in [6.07, 6.45) is 5.53. The van der Waals surface area contributed by atoms with E-state index in [1.165, 1.54) is 6.08 Å². The summed E-state index contributed by atoms with van der Waals surface area (Å²) in [6.45, 7) is 6.20. The SMILES string of the molecule is C[C@@H]1CC[C@H]2[C@@H](C)C(OC(=O)c3ccc(/C=C/C(=O)c4ccccc4)cc3)O[C@@H]3O[C@]4(C)CC[C@@H]1[C@]32OO4. The van der Waals surface area contributed by atoms with Crippen LogP contribution in [0, 0.1) is 23.7 Å². The van der Waals surface area contributed by atoms with Gasteiger partial charge in [-0.2, -0.15) is 0 Å². The molecule has 0 aromatic heterocycles. The van der Waals surface area contributed by atoms with Crippen molar-refractivity contribution in [1.29, 1.82) is 0 Å². The molecule has 2 bridgehead atoms. The molecule has 7 rings (SSSR count). The quantitative estimate of drug-likeness (QED) is 0.209. The van der Waals surface area contributed by atoms with Crippen LogP contribution in [0.3, 0.4) is 0 Å². The lowest BCUT2D eigenvalue weighted by Crippen LogP contribution is -2.70. The second kappa shape index (κ2) is 9.72. The number of ether oxygens (including phenoxy) is 3. The molecule has 200 valence electrons. The van der Waals surface area contributed by atoms with Gasteiger partial charge >= 0.3 is 5.97 Å². The Kier molecular flexibility index (Phi) is 6.51. The fraction of sp³-hybridized carbons (Fsp3) is 0.484. The number of rotatable bonds is 5. The summed E-state index contributed by atoms with van der Waals surface area (Å²) < 4.78 is 18.6. The first-order chi connectivity index (χ1) is 18.3. The predicted octanol–water partition coefficient (Wildman–Crippen LogP) is 5.95. The van der Waals surface area contributed by atoms with Gasteiger partial charge in [0, 0.05) is 23.8 Å². The minimum absolute atomic E-state index is 0.0766. The largest absolute Gasteiger partial charge is 0.432 e. The zero-order chi connectivity index (χ0) is 26.5. The smallest absolute Gasteiger partial charge is 0.340 e. The van der Waals surface area contributed by atoms with Gasteiger partial charge in [-0.15, -0.1) is 0 Å². The molecule has 38 heavy (non-hydrogen) atoms. The molecule has 2 aromatic rings. The molecule has 7 heteroatoms. The fourth-order valence-corrected chi connectivity index (χ4v) is 6.78. The van der Waals surface area contributed by atoms with Crippen LogP contribution in [0.4, 0.5) is 0 Å². The number of hydrogen-bond donors (Lipinski definition) is 0. The zero-order valence-electron chi connectivity index (χ0n) is 22.0. The first-order valence-electron chi connectivity index (χ1n) is 13.6. The van der Waals surface area contributed by atoms with E-state index in [1.54, 1.807) is 42.5 Å². The van der Waals surface area contributed by atoms with Crippen molar-refractivity contribution in [2.24, 2.45) is 23.7 Å². The van der Waals surface area contributed by atoms with Crippen LogP contribution in [0.1, 0.15) is 72.7 Å². The van der Waals surface area contributed by atoms with Crippen molar-refractivity contribution in [1.82, 2.24) is 0 Å². The Morgan fingerprint density at radius 3 is 2.45 bits per heavy atom. The number of esters is 1. The van der Waals surface area contributed by atoms with E-state index in [2.05, 4.69) is 13.8 Å². The van der Waals surface area contributed by atoms with E-state index in [4.69, 9.17) is 24.0 Å².